The molecule has 90 valence electrons. The lowest BCUT2D eigenvalue weighted by Gasteiger charge is -2.26. The van der Waals surface area contributed by atoms with Crippen molar-refractivity contribution in [2.75, 3.05) is 5.01 Å². The van der Waals surface area contributed by atoms with Gasteiger partial charge in [0.1, 0.15) is 0 Å². The first kappa shape index (κ1) is 11.8. The van der Waals surface area contributed by atoms with Crippen molar-refractivity contribution in [3.63, 3.8) is 0 Å². The number of nitrogens with zero attached hydrogens (tertiary/aromatic N) is 1. The van der Waals surface area contributed by atoms with Gasteiger partial charge in [-0.2, -0.15) is 0 Å². The van der Waals surface area contributed by atoms with E-state index >= 15 is 0 Å². The SMILES string of the molecule is CC(C)(C)C1NN(c2ccccc2)C(=O)C1=O. The third-order valence-electron chi connectivity index (χ3n) is 2.81. The molecule has 1 unspecified atom stereocenters. The van der Waals surface area contributed by atoms with Crippen molar-refractivity contribution < 1.29 is 9.59 Å². The number of anilines is 1. The number of hydrogen-bond donors (Lipinski definition) is 1. The molecule has 0 bridgehead atoms. The molecule has 1 heterocycles. The molecule has 0 aromatic heterocycles. The van der Waals surface area contributed by atoms with Crippen molar-refractivity contribution in [3.8, 4) is 0 Å². The minimum Gasteiger partial charge on any atom is -0.287 e. The molecule has 0 aliphatic carbocycles. The molecule has 2 rings (SSSR count). The fraction of sp³-hybridized carbons (Fsp3) is 0.385. The van der Waals surface area contributed by atoms with E-state index in [2.05, 4.69) is 5.43 Å². The van der Waals surface area contributed by atoms with Gasteiger partial charge in [0.05, 0.1) is 11.7 Å². The Kier molecular flexibility index (Phi) is 2.75. The maximum atomic E-state index is 11.9. The van der Waals surface area contributed by atoms with Gasteiger partial charge in [-0.25, -0.2) is 10.4 Å². The highest BCUT2D eigenvalue weighted by atomic mass is 16.2. The van der Waals surface area contributed by atoms with E-state index in [4.69, 9.17) is 0 Å². The van der Waals surface area contributed by atoms with Crippen molar-refractivity contribution in [3.05, 3.63) is 30.3 Å². The lowest BCUT2D eigenvalue weighted by atomic mass is 9.85. The minimum absolute atomic E-state index is 0.281. The summed E-state index contributed by atoms with van der Waals surface area (Å²) in [6.45, 7) is 5.80. The molecule has 1 saturated heterocycles. The van der Waals surface area contributed by atoms with Crippen LogP contribution in [0.5, 0.6) is 0 Å². The molecule has 1 fully saturated rings. The summed E-state index contributed by atoms with van der Waals surface area (Å²) in [7, 11) is 0. The van der Waals surface area contributed by atoms with Crippen LogP contribution in [0.2, 0.25) is 0 Å². The molecular weight excluding hydrogens is 216 g/mol. The van der Waals surface area contributed by atoms with Gasteiger partial charge >= 0.3 is 5.91 Å². The standard InChI is InChI=1S/C13H16N2O2/c1-13(2,3)11-10(16)12(17)15(14-11)9-7-5-4-6-8-9/h4-8,11,14H,1-3H3. The van der Waals surface area contributed by atoms with Gasteiger partial charge in [0, 0.05) is 0 Å². The van der Waals surface area contributed by atoms with E-state index < -0.39 is 11.9 Å². The zero-order chi connectivity index (χ0) is 12.6. The van der Waals surface area contributed by atoms with E-state index in [0.29, 0.717) is 5.69 Å². The molecular formula is C13H16N2O2. The molecule has 4 nitrogen and oxygen atoms in total. The topological polar surface area (TPSA) is 49.4 Å². The van der Waals surface area contributed by atoms with Crippen molar-refractivity contribution in [2.24, 2.45) is 5.41 Å². The molecule has 1 aliphatic rings. The van der Waals surface area contributed by atoms with Crippen molar-refractivity contribution in [1.82, 2.24) is 5.43 Å². The average Bonchev–Trinajstić information content (AvgIpc) is 2.57. The Bertz CT molecular complexity index is 448. The molecule has 0 radical (unpaired) electrons. The summed E-state index contributed by atoms with van der Waals surface area (Å²) in [6, 6.07) is 8.66. The second kappa shape index (κ2) is 3.96. The zero-order valence-corrected chi connectivity index (χ0v) is 10.2. The number of hydrazine groups is 1. The highest BCUT2D eigenvalue weighted by molar-refractivity contribution is 6.45. The molecule has 1 atom stereocenters. The summed E-state index contributed by atoms with van der Waals surface area (Å²) >= 11 is 0. The molecule has 1 N–H and O–H groups in total. The fourth-order valence-corrected chi connectivity index (χ4v) is 1.84. The van der Waals surface area contributed by atoms with Crippen LogP contribution in [0.3, 0.4) is 0 Å². The predicted molar refractivity (Wildman–Crippen MR) is 65.3 cm³/mol. The summed E-state index contributed by atoms with van der Waals surface area (Å²) < 4.78 is 0. The lowest BCUT2D eigenvalue weighted by Crippen LogP contribution is -2.44. The Labute approximate surface area is 101 Å². The molecule has 1 amide bonds. The highest BCUT2D eigenvalue weighted by Crippen LogP contribution is 2.26. The number of Topliss-reactive ketones (excluding diaryl/α,β-unsaturated/α-hetero) is 1. The second-order valence-electron chi connectivity index (χ2n) is 5.27. The van der Waals surface area contributed by atoms with Crippen LogP contribution < -0.4 is 10.4 Å². The van der Waals surface area contributed by atoms with E-state index in [1.54, 1.807) is 12.1 Å². The first-order valence-corrected chi connectivity index (χ1v) is 5.61. The molecule has 1 aromatic carbocycles. The van der Waals surface area contributed by atoms with Crippen LogP contribution in [0.1, 0.15) is 20.8 Å². The lowest BCUT2D eigenvalue weighted by molar-refractivity contribution is -0.135. The monoisotopic (exact) mass is 232 g/mol. The van der Waals surface area contributed by atoms with Crippen LogP contribution in [0.4, 0.5) is 5.69 Å². The number of amides is 1. The van der Waals surface area contributed by atoms with E-state index in [1.165, 1.54) is 5.01 Å². The molecule has 17 heavy (non-hydrogen) atoms. The van der Waals surface area contributed by atoms with Crippen LogP contribution in [0.25, 0.3) is 0 Å². The number of rotatable bonds is 1. The number of para-hydroxylation sites is 1. The van der Waals surface area contributed by atoms with Crippen LogP contribution >= 0.6 is 0 Å². The van der Waals surface area contributed by atoms with Gasteiger partial charge < -0.3 is 0 Å². The Morgan fingerprint density at radius 1 is 1.12 bits per heavy atom. The Balaban J connectivity index is 2.30. The van der Waals surface area contributed by atoms with E-state index in [-0.39, 0.29) is 11.2 Å². The summed E-state index contributed by atoms with van der Waals surface area (Å²) in [4.78, 5) is 23.8. The summed E-state index contributed by atoms with van der Waals surface area (Å²) in [5, 5.41) is 1.33. The van der Waals surface area contributed by atoms with E-state index in [9.17, 15) is 9.59 Å². The first-order valence-electron chi connectivity index (χ1n) is 5.61. The van der Waals surface area contributed by atoms with Crippen molar-refractivity contribution in [1.29, 1.82) is 0 Å². The third kappa shape index (κ3) is 2.08. The zero-order valence-electron chi connectivity index (χ0n) is 10.2. The van der Waals surface area contributed by atoms with Crippen LogP contribution in [0.15, 0.2) is 30.3 Å². The van der Waals surface area contributed by atoms with E-state index in [0.717, 1.165) is 0 Å². The summed E-state index contributed by atoms with van der Waals surface area (Å²) in [5.74, 6) is -0.863. The molecule has 4 heteroatoms. The Morgan fingerprint density at radius 3 is 2.18 bits per heavy atom. The van der Waals surface area contributed by atoms with Crippen LogP contribution in [0, 0.1) is 5.41 Å². The van der Waals surface area contributed by atoms with Gasteiger partial charge in [-0.1, -0.05) is 39.0 Å². The predicted octanol–water partition coefficient (Wildman–Crippen LogP) is 1.52. The Morgan fingerprint density at radius 2 is 1.71 bits per heavy atom. The smallest absolute Gasteiger partial charge is 0.287 e. The number of hydrogen-bond acceptors (Lipinski definition) is 3. The second-order valence-corrected chi connectivity index (χ2v) is 5.27. The van der Waals surface area contributed by atoms with Gasteiger partial charge in [-0.05, 0) is 17.5 Å². The summed E-state index contributed by atoms with van der Waals surface area (Å²) in [5.41, 5.74) is 3.39. The van der Waals surface area contributed by atoms with Crippen molar-refractivity contribution >= 4 is 17.4 Å². The molecule has 1 aromatic rings. The number of benzene rings is 1. The van der Waals surface area contributed by atoms with Gasteiger partial charge in [-0.15, -0.1) is 0 Å². The van der Waals surface area contributed by atoms with Gasteiger partial charge in [0.2, 0.25) is 5.78 Å². The number of carbonyl (C=O) groups excluding carboxylic acids is 2. The van der Waals surface area contributed by atoms with Crippen LogP contribution in [-0.4, -0.2) is 17.7 Å². The quantitative estimate of drug-likeness (QED) is 0.747. The average molecular weight is 232 g/mol. The van der Waals surface area contributed by atoms with Crippen molar-refractivity contribution in [2.45, 2.75) is 26.8 Å². The van der Waals surface area contributed by atoms with E-state index in [1.807, 2.05) is 39.0 Å². The van der Waals surface area contributed by atoms with Crippen LogP contribution in [-0.2, 0) is 9.59 Å². The molecule has 0 spiro atoms. The van der Waals surface area contributed by atoms with Gasteiger partial charge in [0.15, 0.2) is 0 Å². The third-order valence-corrected chi connectivity index (χ3v) is 2.81. The fourth-order valence-electron chi connectivity index (χ4n) is 1.84. The molecule has 0 saturated carbocycles. The van der Waals surface area contributed by atoms with Gasteiger partial charge in [0.25, 0.3) is 0 Å². The number of carbonyl (C=O) groups is 2. The molecule has 1 aliphatic heterocycles. The minimum atomic E-state index is -0.490. The first-order chi connectivity index (χ1) is 7.91. The maximum Gasteiger partial charge on any atom is 0.310 e. The summed E-state index contributed by atoms with van der Waals surface area (Å²) in [6.07, 6.45) is 0. The Hall–Kier alpha value is -1.68. The number of nitrogens with one attached hydrogen (secondary N) is 1. The highest BCUT2D eigenvalue weighted by Gasteiger charge is 2.45. The number of ketones is 1. The maximum absolute atomic E-state index is 11.9. The largest absolute Gasteiger partial charge is 0.310 e. The normalized spacial score (nSPS) is 21.1. The van der Waals surface area contributed by atoms with Gasteiger partial charge in [-0.3, -0.25) is 9.59 Å².